The van der Waals surface area contributed by atoms with Crippen LogP contribution in [0.3, 0.4) is 0 Å². The lowest BCUT2D eigenvalue weighted by molar-refractivity contribution is -0.141. The van der Waals surface area contributed by atoms with Crippen molar-refractivity contribution in [2.24, 2.45) is 11.1 Å². The van der Waals surface area contributed by atoms with Gasteiger partial charge in [-0.1, -0.05) is 6.92 Å². The lowest BCUT2D eigenvalue weighted by atomic mass is 9.86. The minimum absolute atomic E-state index is 0.118. The molecule has 0 aromatic rings. The van der Waals surface area contributed by atoms with E-state index in [9.17, 15) is 13.2 Å². The highest BCUT2D eigenvalue weighted by Gasteiger charge is 2.51. The second-order valence-electron chi connectivity index (χ2n) is 3.50. The molecule has 0 amide bonds. The zero-order chi connectivity index (χ0) is 9.57. The molecule has 1 heterocycles. The van der Waals surface area contributed by atoms with Crippen LogP contribution in [0.15, 0.2) is 0 Å². The molecule has 5 nitrogen and oxygen atoms in total. The van der Waals surface area contributed by atoms with E-state index in [1.165, 1.54) is 0 Å². The van der Waals surface area contributed by atoms with Crippen molar-refractivity contribution < 1.29 is 18.3 Å². The average Bonchev–Trinajstić information content (AvgIpc) is 1.81. The lowest BCUT2D eigenvalue weighted by Crippen LogP contribution is -2.59. The van der Waals surface area contributed by atoms with Gasteiger partial charge in [-0.3, -0.25) is 4.79 Å². The number of rotatable bonds is 2. The summed E-state index contributed by atoms with van der Waals surface area (Å²) in [7, 11) is -3.01. The summed E-state index contributed by atoms with van der Waals surface area (Å²) in [5.41, 5.74) is 4.54. The Morgan fingerprint density at radius 1 is 1.58 bits per heavy atom. The Hall–Kier alpha value is -0.620. The molecule has 1 fully saturated rings. The van der Waals surface area contributed by atoms with Crippen LogP contribution in [0.25, 0.3) is 0 Å². The van der Waals surface area contributed by atoms with E-state index in [1.807, 2.05) is 0 Å². The molecule has 1 saturated heterocycles. The van der Waals surface area contributed by atoms with Gasteiger partial charge in [0.05, 0.1) is 11.5 Å². The van der Waals surface area contributed by atoms with Crippen LogP contribution in [0.2, 0.25) is 0 Å². The Morgan fingerprint density at radius 3 is 2.25 bits per heavy atom. The van der Waals surface area contributed by atoms with Crippen molar-refractivity contribution in [3.05, 3.63) is 0 Å². The molecule has 1 aliphatic rings. The average molecular weight is 193 g/mol. The van der Waals surface area contributed by atoms with Crippen LogP contribution in [-0.2, 0) is 14.6 Å². The molecule has 0 unspecified atom stereocenters. The van der Waals surface area contributed by atoms with E-state index >= 15 is 0 Å². The number of hydrogen-bond acceptors (Lipinski definition) is 4. The molecular weight excluding hydrogens is 182 g/mol. The number of aliphatic carboxylic acids is 1. The molecule has 1 atom stereocenters. The Balaban J connectivity index is 2.73. The molecule has 12 heavy (non-hydrogen) atoms. The number of nitrogens with two attached hydrogens (primary N) is 1. The van der Waals surface area contributed by atoms with Gasteiger partial charge >= 0.3 is 5.97 Å². The standard InChI is InChI=1S/C6H11NO4S/c1-6(4(7)5(8)9)2-12(10,11)3-6/h4H,2-3,7H2,1H3,(H,8,9)/t4-/m1/s1. The second-order valence-corrected chi connectivity index (χ2v) is 5.57. The Bertz CT molecular complexity index is 296. The fourth-order valence-corrected chi connectivity index (χ4v) is 3.72. The predicted molar refractivity (Wildman–Crippen MR) is 42.4 cm³/mol. The van der Waals surface area contributed by atoms with Gasteiger partial charge in [0.1, 0.15) is 6.04 Å². The minimum Gasteiger partial charge on any atom is -0.480 e. The summed E-state index contributed by atoms with van der Waals surface area (Å²) in [5, 5.41) is 8.53. The molecule has 6 heteroatoms. The topological polar surface area (TPSA) is 97.5 Å². The predicted octanol–water partition coefficient (Wildman–Crippen LogP) is -1.17. The van der Waals surface area contributed by atoms with E-state index in [2.05, 4.69) is 0 Å². The first-order chi connectivity index (χ1) is 5.27. The highest BCUT2D eigenvalue weighted by Crippen LogP contribution is 2.34. The quantitative estimate of drug-likeness (QED) is 0.576. The Morgan fingerprint density at radius 2 is 2.00 bits per heavy atom. The van der Waals surface area contributed by atoms with Gasteiger partial charge in [-0.25, -0.2) is 8.42 Å². The molecule has 0 aromatic heterocycles. The van der Waals surface area contributed by atoms with E-state index < -0.39 is 27.3 Å². The molecule has 0 aliphatic carbocycles. The SMILES string of the molecule is CC1([C@H](N)C(=O)O)CS(=O)(=O)C1. The molecule has 0 saturated carbocycles. The maximum atomic E-state index is 10.8. The summed E-state index contributed by atoms with van der Waals surface area (Å²) < 4.78 is 21.6. The van der Waals surface area contributed by atoms with Gasteiger partial charge in [0, 0.05) is 5.41 Å². The van der Waals surface area contributed by atoms with E-state index in [0.717, 1.165) is 0 Å². The first-order valence-electron chi connectivity index (χ1n) is 3.46. The van der Waals surface area contributed by atoms with Crippen molar-refractivity contribution >= 4 is 15.8 Å². The van der Waals surface area contributed by atoms with E-state index in [4.69, 9.17) is 10.8 Å². The molecular formula is C6H11NO4S. The van der Waals surface area contributed by atoms with Crippen LogP contribution >= 0.6 is 0 Å². The summed E-state index contributed by atoms with van der Waals surface area (Å²) in [4.78, 5) is 10.4. The summed E-state index contributed by atoms with van der Waals surface area (Å²) in [6.07, 6.45) is 0. The number of carboxylic acid groups (broad SMARTS) is 1. The fourth-order valence-electron chi connectivity index (χ4n) is 1.44. The van der Waals surface area contributed by atoms with Crippen molar-refractivity contribution in [2.75, 3.05) is 11.5 Å². The van der Waals surface area contributed by atoms with Crippen LogP contribution in [0.1, 0.15) is 6.92 Å². The summed E-state index contributed by atoms with van der Waals surface area (Å²) in [5.74, 6) is -1.38. The van der Waals surface area contributed by atoms with Crippen molar-refractivity contribution in [2.45, 2.75) is 13.0 Å². The highest BCUT2D eigenvalue weighted by atomic mass is 32.2. The molecule has 70 valence electrons. The van der Waals surface area contributed by atoms with Crippen molar-refractivity contribution in [1.82, 2.24) is 0 Å². The van der Waals surface area contributed by atoms with Crippen LogP contribution < -0.4 is 5.73 Å². The van der Waals surface area contributed by atoms with Crippen LogP contribution in [-0.4, -0.2) is 37.0 Å². The third-order valence-electron chi connectivity index (χ3n) is 2.12. The molecule has 3 N–H and O–H groups in total. The first kappa shape index (κ1) is 9.47. The molecule has 0 bridgehead atoms. The minimum atomic E-state index is -3.01. The molecule has 0 spiro atoms. The highest BCUT2D eigenvalue weighted by molar-refractivity contribution is 7.92. The van der Waals surface area contributed by atoms with Gasteiger partial charge in [-0.15, -0.1) is 0 Å². The summed E-state index contributed by atoms with van der Waals surface area (Å²) in [6.45, 7) is 1.58. The van der Waals surface area contributed by atoms with Gasteiger partial charge in [-0.2, -0.15) is 0 Å². The largest absolute Gasteiger partial charge is 0.480 e. The van der Waals surface area contributed by atoms with Crippen LogP contribution in [0, 0.1) is 5.41 Å². The molecule has 1 aliphatic heterocycles. The number of sulfone groups is 1. The number of hydrogen-bond donors (Lipinski definition) is 2. The Kier molecular flexibility index (Phi) is 1.92. The molecule has 0 aromatic carbocycles. The number of carboxylic acids is 1. The normalized spacial score (nSPS) is 27.2. The van der Waals surface area contributed by atoms with E-state index in [-0.39, 0.29) is 11.5 Å². The first-order valence-corrected chi connectivity index (χ1v) is 5.28. The van der Waals surface area contributed by atoms with Gasteiger partial charge in [-0.05, 0) is 0 Å². The molecule has 0 radical (unpaired) electrons. The van der Waals surface area contributed by atoms with Crippen molar-refractivity contribution in [3.8, 4) is 0 Å². The maximum Gasteiger partial charge on any atom is 0.321 e. The zero-order valence-corrected chi connectivity index (χ0v) is 7.47. The van der Waals surface area contributed by atoms with Gasteiger partial charge < -0.3 is 10.8 Å². The van der Waals surface area contributed by atoms with E-state index in [0.29, 0.717) is 0 Å². The van der Waals surface area contributed by atoms with E-state index in [1.54, 1.807) is 6.92 Å². The monoisotopic (exact) mass is 193 g/mol. The second kappa shape index (κ2) is 2.43. The lowest BCUT2D eigenvalue weighted by Gasteiger charge is -2.40. The third kappa shape index (κ3) is 1.44. The smallest absolute Gasteiger partial charge is 0.321 e. The summed E-state index contributed by atoms with van der Waals surface area (Å²) >= 11 is 0. The van der Waals surface area contributed by atoms with Gasteiger partial charge in [0.15, 0.2) is 9.84 Å². The third-order valence-corrected chi connectivity index (χ3v) is 4.31. The zero-order valence-electron chi connectivity index (χ0n) is 6.65. The van der Waals surface area contributed by atoms with Gasteiger partial charge in [0.25, 0.3) is 0 Å². The van der Waals surface area contributed by atoms with Crippen molar-refractivity contribution in [3.63, 3.8) is 0 Å². The van der Waals surface area contributed by atoms with Crippen LogP contribution in [0.4, 0.5) is 0 Å². The fraction of sp³-hybridized carbons (Fsp3) is 0.833. The molecule has 1 rings (SSSR count). The maximum absolute atomic E-state index is 10.8. The number of carbonyl (C=O) groups is 1. The van der Waals surface area contributed by atoms with Crippen molar-refractivity contribution in [1.29, 1.82) is 0 Å². The summed E-state index contributed by atoms with van der Waals surface area (Å²) in [6, 6.07) is -1.08. The van der Waals surface area contributed by atoms with Gasteiger partial charge in [0.2, 0.25) is 0 Å². The van der Waals surface area contributed by atoms with Crippen LogP contribution in [0.5, 0.6) is 0 Å². The Labute approximate surface area is 70.5 Å².